The highest BCUT2D eigenvalue weighted by Gasteiger charge is 2.33. The summed E-state index contributed by atoms with van der Waals surface area (Å²) in [5, 5.41) is 11.4. The van der Waals surface area contributed by atoms with Gasteiger partial charge in [-0.2, -0.15) is 0 Å². The van der Waals surface area contributed by atoms with Gasteiger partial charge in [-0.05, 0) is 60.4 Å². The van der Waals surface area contributed by atoms with Crippen LogP contribution in [0.15, 0.2) is 66.7 Å². The first-order valence-electron chi connectivity index (χ1n) is 13.8. The lowest BCUT2D eigenvalue weighted by atomic mass is 10.0. The highest BCUT2D eigenvalue weighted by atomic mass is 16.5. The number of fused-ring (bicyclic) bond motifs is 1. The van der Waals surface area contributed by atoms with Gasteiger partial charge >= 0.3 is 0 Å². The summed E-state index contributed by atoms with van der Waals surface area (Å²) < 4.78 is 23.6. The number of nitrogens with one attached hydrogen (secondary N) is 1. The van der Waals surface area contributed by atoms with E-state index in [1.54, 1.807) is 42.0 Å². The van der Waals surface area contributed by atoms with Crippen molar-refractivity contribution in [2.24, 2.45) is 0 Å². The summed E-state index contributed by atoms with van der Waals surface area (Å²) in [6.45, 7) is 1.07. The van der Waals surface area contributed by atoms with Crippen LogP contribution in [0, 0.1) is 0 Å². The molecule has 3 aromatic carbocycles. The third kappa shape index (κ3) is 6.46. The van der Waals surface area contributed by atoms with Crippen LogP contribution in [0.1, 0.15) is 30.0 Å². The number of nitrogens with zero attached hydrogens (tertiary/aromatic N) is 4. The summed E-state index contributed by atoms with van der Waals surface area (Å²) >= 11 is 0. The number of amides is 2. The molecule has 0 bridgehead atoms. The number of hydrogen-bond donors (Lipinski definition) is 1. The molecule has 0 spiro atoms. The minimum atomic E-state index is -0.990. The van der Waals surface area contributed by atoms with E-state index in [1.807, 2.05) is 48.5 Å². The number of ether oxygens (including phenoxy) is 4. The maximum atomic E-state index is 14.2. The molecule has 5 rings (SSSR count). The van der Waals surface area contributed by atoms with E-state index < -0.39 is 6.04 Å². The van der Waals surface area contributed by atoms with Crippen LogP contribution in [-0.2, 0) is 27.4 Å². The van der Waals surface area contributed by atoms with Crippen molar-refractivity contribution in [2.75, 3.05) is 34.5 Å². The predicted molar refractivity (Wildman–Crippen MR) is 155 cm³/mol. The number of aromatic nitrogens is 3. The molecule has 0 aliphatic carbocycles. The van der Waals surface area contributed by atoms with E-state index in [2.05, 4.69) is 15.6 Å². The lowest BCUT2D eigenvalue weighted by molar-refractivity contribution is -0.142. The first kappa shape index (κ1) is 28.9. The summed E-state index contributed by atoms with van der Waals surface area (Å²) in [7, 11) is 4.67. The SMILES string of the molecule is COc1ccc(CN(C(=O)Cn2nnc3ccccc32)C(C(=O)NCC2CCCO2)c2ccc(OC)c(OC)c2)cc1. The molecule has 1 aliphatic rings. The summed E-state index contributed by atoms with van der Waals surface area (Å²) in [5.41, 5.74) is 2.80. The largest absolute Gasteiger partial charge is 0.497 e. The van der Waals surface area contributed by atoms with Crippen LogP contribution >= 0.6 is 0 Å². The van der Waals surface area contributed by atoms with Gasteiger partial charge in [-0.3, -0.25) is 9.59 Å². The molecule has 11 nitrogen and oxygen atoms in total. The Balaban J connectivity index is 1.54. The van der Waals surface area contributed by atoms with Crippen molar-refractivity contribution in [3.8, 4) is 17.2 Å². The van der Waals surface area contributed by atoms with Crippen LogP contribution in [0.4, 0.5) is 0 Å². The Hall–Kier alpha value is -4.64. The van der Waals surface area contributed by atoms with Crippen molar-refractivity contribution in [2.45, 2.75) is 38.1 Å². The lowest BCUT2D eigenvalue weighted by Gasteiger charge is -2.32. The molecule has 4 aromatic rings. The third-order valence-electron chi connectivity index (χ3n) is 7.35. The molecule has 1 aliphatic heterocycles. The fraction of sp³-hybridized carbons (Fsp3) is 0.355. The number of benzene rings is 3. The van der Waals surface area contributed by atoms with Gasteiger partial charge < -0.3 is 29.2 Å². The van der Waals surface area contributed by atoms with Crippen LogP contribution in [-0.4, -0.2) is 72.3 Å². The van der Waals surface area contributed by atoms with Gasteiger partial charge in [0.15, 0.2) is 11.5 Å². The molecule has 1 fully saturated rings. The second-order valence-electron chi connectivity index (χ2n) is 10.0. The van der Waals surface area contributed by atoms with E-state index in [1.165, 1.54) is 7.11 Å². The Bertz CT molecular complexity index is 1520. The molecule has 1 N–H and O–H groups in total. The monoisotopic (exact) mass is 573 g/mol. The van der Waals surface area contributed by atoms with Crippen molar-refractivity contribution in [1.29, 1.82) is 0 Å². The van der Waals surface area contributed by atoms with E-state index in [4.69, 9.17) is 18.9 Å². The van der Waals surface area contributed by atoms with Crippen LogP contribution in [0.2, 0.25) is 0 Å². The molecular weight excluding hydrogens is 538 g/mol. The normalized spacial score (nSPS) is 15.3. The third-order valence-corrected chi connectivity index (χ3v) is 7.35. The van der Waals surface area contributed by atoms with Gasteiger partial charge in [-0.1, -0.05) is 35.5 Å². The number of rotatable bonds is 12. The molecular formula is C31H35N5O6. The second-order valence-corrected chi connectivity index (χ2v) is 10.0. The molecule has 2 atom stereocenters. The molecule has 42 heavy (non-hydrogen) atoms. The van der Waals surface area contributed by atoms with Crippen LogP contribution < -0.4 is 19.5 Å². The fourth-order valence-electron chi connectivity index (χ4n) is 5.12. The quantitative estimate of drug-likeness (QED) is 0.274. The van der Waals surface area contributed by atoms with E-state index in [9.17, 15) is 9.59 Å². The second kappa shape index (κ2) is 13.3. The molecule has 0 radical (unpaired) electrons. The van der Waals surface area contributed by atoms with E-state index in [0.717, 1.165) is 23.9 Å². The number of carbonyl (C=O) groups excluding carboxylic acids is 2. The van der Waals surface area contributed by atoms with Gasteiger partial charge in [0.25, 0.3) is 0 Å². The van der Waals surface area contributed by atoms with E-state index >= 15 is 0 Å². The zero-order valence-corrected chi connectivity index (χ0v) is 24.0. The van der Waals surface area contributed by atoms with E-state index in [0.29, 0.717) is 41.5 Å². The maximum Gasteiger partial charge on any atom is 0.247 e. The van der Waals surface area contributed by atoms with Gasteiger partial charge in [-0.25, -0.2) is 4.68 Å². The molecule has 2 heterocycles. The van der Waals surface area contributed by atoms with Crippen LogP contribution in [0.3, 0.4) is 0 Å². The summed E-state index contributed by atoms with van der Waals surface area (Å²) in [4.78, 5) is 29.8. The van der Waals surface area contributed by atoms with Gasteiger partial charge in [0, 0.05) is 19.7 Å². The van der Waals surface area contributed by atoms with Crippen molar-refractivity contribution in [1.82, 2.24) is 25.2 Å². The Morgan fingerprint density at radius 3 is 2.52 bits per heavy atom. The zero-order valence-electron chi connectivity index (χ0n) is 24.0. The minimum Gasteiger partial charge on any atom is -0.497 e. The predicted octanol–water partition coefficient (Wildman–Crippen LogP) is 3.52. The molecule has 220 valence electrons. The molecule has 0 saturated carbocycles. The molecule has 2 amide bonds. The van der Waals surface area contributed by atoms with E-state index in [-0.39, 0.29) is 31.0 Å². The smallest absolute Gasteiger partial charge is 0.247 e. The maximum absolute atomic E-state index is 14.2. The Labute approximate surface area is 244 Å². The Morgan fingerprint density at radius 1 is 1.02 bits per heavy atom. The molecule has 1 aromatic heterocycles. The van der Waals surface area contributed by atoms with Crippen LogP contribution in [0.5, 0.6) is 17.2 Å². The molecule has 2 unspecified atom stereocenters. The van der Waals surface area contributed by atoms with Gasteiger partial charge in [0.2, 0.25) is 11.8 Å². The standard InChI is InChI=1S/C31H35N5O6/c1-39-23-13-10-21(11-14-23)19-35(29(37)20-36-26-9-5-4-8-25(26)33-34-36)30(31(38)32-18-24-7-6-16-42-24)22-12-15-27(40-2)28(17-22)41-3/h4-5,8-15,17,24,30H,6-7,16,18-20H2,1-3H3,(H,32,38). The van der Waals surface area contributed by atoms with Gasteiger partial charge in [0.05, 0.1) is 33.0 Å². The minimum absolute atomic E-state index is 0.0627. The highest BCUT2D eigenvalue weighted by Crippen LogP contribution is 2.33. The van der Waals surface area contributed by atoms with Crippen molar-refractivity contribution >= 4 is 22.8 Å². The Kier molecular flexibility index (Phi) is 9.18. The fourth-order valence-corrected chi connectivity index (χ4v) is 5.12. The first-order valence-corrected chi connectivity index (χ1v) is 13.8. The molecule has 11 heteroatoms. The lowest BCUT2D eigenvalue weighted by Crippen LogP contribution is -2.46. The van der Waals surface area contributed by atoms with Crippen LogP contribution in [0.25, 0.3) is 11.0 Å². The van der Waals surface area contributed by atoms with Gasteiger partial charge in [-0.15, -0.1) is 5.10 Å². The Morgan fingerprint density at radius 2 is 1.81 bits per heavy atom. The topological polar surface area (TPSA) is 117 Å². The van der Waals surface area contributed by atoms with Crippen molar-refractivity contribution in [3.05, 3.63) is 77.9 Å². The average Bonchev–Trinajstić information content (AvgIpc) is 3.70. The first-order chi connectivity index (χ1) is 20.5. The van der Waals surface area contributed by atoms with Gasteiger partial charge in [0.1, 0.15) is 23.9 Å². The van der Waals surface area contributed by atoms with Crippen molar-refractivity contribution in [3.63, 3.8) is 0 Å². The number of hydrogen-bond acceptors (Lipinski definition) is 8. The molecule has 1 saturated heterocycles. The average molecular weight is 574 g/mol. The number of para-hydroxylation sites is 1. The number of methoxy groups -OCH3 is 3. The highest BCUT2D eigenvalue weighted by molar-refractivity contribution is 5.89. The zero-order chi connectivity index (χ0) is 29.5. The van der Waals surface area contributed by atoms with Crippen molar-refractivity contribution < 1.29 is 28.5 Å². The summed E-state index contributed by atoms with van der Waals surface area (Å²) in [6.07, 6.45) is 1.76. The summed E-state index contributed by atoms with van der Waals surface area (Å²) in [6, 6.07) is 19.1. The summed E-state index contributed by atoms with van der Waals surface area (Å²) in [5.74, 6) is 1.01. The number of carbonyl (C=O) groups is 2.